The molecule has 1 amide bonds. The van der Waals surface area contributed by atoms with Crippen LogP contribution in [0.1, 0.15) is 56.3 Å². The van der Waals surface area contributed by atoms with Crippen molar-refractivity contribution in [2.45, 2.75) is 57.4 Å². The predicted molar refractivity (Wildman–Crippen MR) is 158 cm³/mol. The van der Waals surface area contributed by atoms with Gasteiger partial charge in [-0.25, -0.2) is 0 Å². The van der Waals surface area contributed by atoms with Crippen LogP contribution in [0.2, 0.25) is 5.02 Å². The van der Waals surface area contributed by atoms with Crippen LogP contribution in [0.3, 0.4) is 0 Å². The highest BCUT2D eigenvalue weighted by Gasteiger charge is 2.48. The minimum atomic E-state index is 0.0541. The number of rotatable bonds is 9. The zero-order valence-corrected chi connectivity index (χ0v) is 24.1. The Hall–Kier alpha value is -1.64. The maximum atomic E-state index is 13.5. The number of hydrogen-bond donors (Lipinski definition) is 0. The first-order chi connectivity index (χ1) is 18.5. The predicted octanol–water partition coefficient (Wildman–Crippen LogP) is 7.03. The smallest absolute Gasteiger partial charge is 0.266 e. The fourth-order valence-corrected chi connectivity index (χ4v) is 8.05. The molecule has 4 fully saturated rings. The highest BCUT2D eigenvalue weighted by Crippen LogP contribution is 2.49. The summed E-state index contributed by atoms with van der Waals surface area (Å²) in [5.74, 6) is 3.00. The number of nitrogens with zero attached hydrogens (tertiary/aromatic N) is 2. The van der Waals surface area contributed by atoms with Gasteiger partial charge < -0.3 is 9.15 Å². The molecule has 2 saturated heterocycles. The van der Waals surface area contributed by atoms with Crippen molar-refractivity contribution in [2.24, 2.45) is 11.8 Å². The lowest BCUT2D eigenvalue weighted by atomic mass is 9.94. The number of unbranched alkanes of at least 4 members (excludes halogenated alkanes) is 2. The van der Waals surface area contributed by atoms with E-state index in [1.807, 2.05) is 35.2 Å². The summed E-state index contributed by atoms with van der Waals surface area (Å²) in [6, 6.07) is 10.1. The van der Waals surface area contributed by atoms with E-state index in [1.54, 1.807) is 0 Å². The second-order valence-electron chi connectivity index (χ2n) is 11.1. The molecule has 3 unspecified atom stereocenters. The summed E-state index contributed by atoms with van der Waals surface area (Å²) >= 11 is 13.3. The number of furan rings is 1. The Kier molecular flexibility index (Phi) is 8.29. The summed E-state index contributed by atoms with van der Waals surface area (Å²) in [6.07, 6.45) is 11.2. The molecule has 0 N–H and O–H groups in total. The average Bonchev–Trinajstić information content (AvgIpc) is 3.70. The van der Waals surface area contributed by atoms with E-state index in [9.17, 15) is 4.79 Å². The summed E-state index contributed by atoms with van der Waals surface area (Å²) in [6.45, 7) is 4.90. The van der Waals surface area contributed by atoms with Crippen LogP contribution in [0.4, 0.5) is 0 Å². The molecule has 6 rings (SSSR count). The molecule has 5 nitrogen and oxygen atoms in total. The highest BCUT2D eigenvalue weighted by atomic mass is 35.5. The number of carbonyl (C=O) groups excluding carboxylic acids is 1. The van der Waals surface area contributed by atoms with Crippen molar-refractivity contribution in [3.63, 3.8) is 0 Å². The molecule has 1 aromatic carbocycles. The van der Waals surface area contributed by atoms with Gasteiger partial charge in [-0.05, 0) is 92.8 Å². The summed E-state index contributed by atoms with van der Waals surface area (Å²) in [5, 5.41) is 0.699. The number of halogens is 1. The minimum Gasteiger partial charge on any atom is -0.456 e. The Labute approximate surface area is 239 Å². The first-order valence-electron chi connectivity index (χ1n) is 14.0. The molecule has 2 aliphatic carbocycles. The van der Waals surface area contributed by atoms with Crippen LogP contribution < -0.4 is 0 Å². The van der Waals surface area contributed by atoms with Crippen LogP contribution in [0.15, 0.2) is 39.7 Å². The molecule has 202 valence electrons. The van der Waals surface area contributed by atoms with Crippen molar-refractivity contribution in [3.8, 4) is 11.3 Å². The van der Waals surface area contributed by atoms with Crippen LogP contribution in [-0.4, -0.2) is 58.9 Å². The molecule has 2 aromatic rings. The van der Waals surface area contributed by atoms with Gasteiger partial charge in [-0.3, -0.25) is 14.6 Å². The van der Waals surface area contributed by atoms with Gasteiger partial charge in [-0.2, -0.15) is 0 Å². The fourth-order valence-electron chi connectivity index (χ4n) is 6.58. The molecule has 2 bridgehead atoms. The van der Waals surface area contributed by atoms with E-state index in [-0.39, 0.29) is 11.9 Å². The normalized spacial score (nSPS) is 26.8. The van der Waals surface area contributed by atoms with Gasteiger partial charge in [0.2, 0.25) is 0 Å². The third kappa shape index (κ3) is 5.78. The van der Waals surface area contributed by atoms with Gasteiger partial charge in [-0.15, -0.1) is 0 Å². The quantitative estimate of drug-likeness (QED) is 0.183. The molecule has 2 aliphatic heterocycles. The SMILES string of the molecule is O=C1C(=Cc2oc(-c3ccc(Cl)cc3)cc2CCCCCN2CCOCC2)SC(=S)N1C1CC2CCC1C2. The largest absolute Gasteiger partial charge is 0.456 e. The lowest BCUT2D eigenvalue weighted by Gasteiger charge is -2.30. The molecule has 4 aliphatic rings. The first kappa shape index (κ1) is 26.6. The Morgan fingerprint density at radius 3 is 2.63 bits per heavy atom. The number of thiocarbonyl (C=S) groups is 1. The monoisotopic (exact) mass is 570 g/mol. The van der Waals surface area contributed by atoms with Gasteiger partial charge >= 0.3 is 0 Å². The third-order valence-electron chi connectivity index (χ3n) is 8.61. The maximum Gasteiger partial charge on any atom is 0.266 e. The number of aryl methyl sites for hydroxylation is 1. The van der Waals surface area contributed by atoms with Gasteiger partial charge in [0, 0.05) is 35.8 Å². The van der Waals surface area contributed by atoms with E-state index in [4.69, 9.17) is 33.0 Å². The Morgan fingerprint density at radius 1 is 1.08 bits per heavy atom. The number of hydrogen-bond acceptors (Lipinski definition) is 6. The number of amides is 1. The second kappa shape index (κ2) is 11.8. The number of fused-ring (bicyclic) bond motifs is 2. The van der Waals surface area contributed by atoms with Crippen molar-refractivity contribution in [1.82, 2.24) is 9.80 Å². The lowest BCUT2D eigenvalue weighted by molar-refractivity contribution is -0.124. The van der Waals surface area contributed by atoms with Gasteiger partial charge in [0.15, 0.2) is 0 Å². The average molecular weight is 571 g/mol. The Balaban J connectivity index is 1.17. The molecule has 0 radical (unpaired) electrons. The van der Waals surface area contributed by atoms with E-state index in [0.29, 0.717) is 20.2 Å². The Morgan fingerprint density at radius 2 is 1.89 bits per heavy atom. The van der Waals surface area contributed by atoms with E-state index >= 15 is 0 Å². The van der Waals surface area contributed by atoms with Crippen LogP contribution in [0.25, 0.3) is 17.4 Å². The third-order valence-corrected chi connectivity index (χ3v) is 10.2. The van der Waals surface area contributed by atoms with E-state index in [2.05, 4.69) is 11.0 Å². The van der Waals surface area contributed by atoms with E-state index in [0.717, 1.165) is 87.1 Å². The molecular formula is C30H35ClN2O3S2. The number of thioether (sulfide) groups is 1. The summed E-state index contributed by atoms with van der Waals surface area (Å²) in [5.41, 5.74) is 2.13. The zero-order chi connectivity index (χ0) is 26.1. The van der Waals surface area contributed by atoms with Crippen LogP contribution in [0.5, 0.6) is 0 Å². The highest BCUT2D eigenvalue weighted by molar-refractivity contribution is 8.26. The minimum absolute atomic E-state index is 0.0541. The topological polar surface area (TPSA) is 45.9 Å². The van der Waals surface area contributed by atoms with Crippen molar-refractivity contribution in [3.05, 3.63) is 51.6 Å². The molecular weight excluding hydrogens is 536 g/mol. The van der Waals surface area contributed by atoms with Crippen molar-refractivity contribution < 1.29 is 13.9 Å². The second-order valence-corrected chi connectivity index (χ2v) is 13.2. The van der Waals surface area contributed by atoms with Crippen LogP contribution in [-0.2, 0) is 16.0 Å². The van der Waals surface area contributed by atoms with Gasteiger partial charge in [0.05, 0.1) is 18.1 Å². The van der Waals surface area contributed by atoms with Gasteiger partial charge in [0.1, 0.15) is 15.8 Å². The van der Waals surface area contributed by atoms with Gasteiger partial charge in [-0.1, -0.05) is 48.4 Å². The molecule has 2 saturated carbocycles. The number of carbonyl (C=O) groups is 1. The molecule has 0 spiro atoms. The van der Waals surface area contributed by atoms with E-state index in [1.165, 1.54) is 37.4 Å². The summed E-state index contributed by atoms with van der Waals surface area (Å²) in [4.78, 5) is 18.6. The molecule has 1 aromatic heterocycles. The lowest BCUT2D eigenvalue weighted by Crippen LogP contribution is -2.41. The van der Waals surface area contributed by atoms with Gasteiger partial charge in [0.25, 0.3) is 5.91 Å². The standard InChI is InChI=1S/C30H35ClN2O3S2/c31-24-9-7-21(8-10-24)26-18-23(4-2-1-3-11-32-12-14-35-15-13-32)27(36-26)19-28-29(34)33(30(37)38-28)25-17-20-5-6-22(25)16-20/h7-10,18-20,22,25H,1-6,11-17H2. The van der Waals surface area contributed by atoms with Crippen molar-refractivity contribution in [1.29, 1.82) is 0 Å². The number of benzene rings is 1. The zero-order valence-electron chi connectivity index (χ0n) is 21.7. The van der Waals surface area contributed by atoms with Crippen molar-refractivity contribution >= 4 is 51.9 Å². The first-order valence-corrected chi connectivity index (χ1v) is 15.6. The van der Waals surface area contributed by atoms with Crippen molar-refractivity contribution in [2.75, 3.05) is 32.8 Å². The molecule has 8 heteroatoms. The summed E-state index contributed by atoms with van der Waals surface area (Å²) < 4.78 is 12.5. The number of morpholine rings is 1. The maximum absolute atomic E-state index is 13.5. The fraction of sp³-hybridized carbons (Fsp3) is 0.533. The van der Waals surface area contributed by atoms with E-state index < -0.39 is 0 Å². The molecule has 3 atom stereocenters. The summed E-state index contributed by atoms with van der Waals surface area (Å²) in [7, 11) is 0. The van der Waals surface area contributed by atoms with Crippen LogP contribution in [0, 0.1) is 11.8 Å². The molecule has 3 heterocycles. The Bertz CT molecular complexity index is 1200. The van der Waals surface area contributed by atoms with Crippen LogP contribution >= 0.6 is 35.6 Å². The number of ether oxygens (including phenoxy) is 1. The molecule has 38 heavy (non-hydrogen) atoms.